The first-order valence-corrected chi connectivity index (χ1v) is 9.02. The van der Waals surface area contributed by atoms with E-state index in [2.05, 4.69) is 33.4 Å². The monoisotopic (exact) mass is 276 g/mol. The Kier molecular flexibility index (Phi) is 5.02. The molecule has 0 fully saturated rings. The van der Waals surface area contributed by atoms with Crippen LogP contribution in [-0.2, 0) is 16.3 Å². The second-order valence-corrected chi connectivity index (χ2v) is 10.6. The third-order valence-corrected chi connectivity index (χ3v) is 5.58. The third-order valence-electron chi connectivity index (χ3n) is 2.11. The fourth-order valence-electron chi connectivity index (χ4n) is 1.13. The Balaban J connectivity index is 2.57. The van der Waals surface area contributed by atoms with Crippen LogP contribution < -0.4 is 5.30 Å². The van der Waals surface area contributed by atoms with E-state index < -0.39 is 5.47 Å². The van der Waals surface area contributed by atoms with Gasteiger partial charge in [0.15, 0.2) is 0 Å². The van der Waals surface area contributed by atoms with Gasteiger partial charge in [-0.1, -0.05) is 42.1 Å². The lowest BCUT2D eigenvalue weighted by Crippen LogP contribution is -2.37. The molecule has 0 aliphatic carbocycles. The molecule has 0 aliphatic heterocycles. The van der Waals surface area contributed by atoms with Crippen LogP contribution in [0.15, 0.2) is 30.3 Å². The molecule has 16 heavy (non-hydrogen) atoms. The van der Waals surface area contributed by atoms with Crippen molar-refractivity contribution in [1.82, 2.24) is 0 Å². The van der Waals surface area contributed by atoms with E-state index in [9.17, 15) is 0 Å². The van der Waals surface area contributed by atoms with E-state index in [-0.39, 0.29) is 0 Å². The Bertz CT molecular complexity index is 375. The molecule has 2 nitrogen and oxygen atoms in total. The summed E-state index contributed by atoms with van der Waals surface area (Å²) in [5, 5.41) is 1.02. The van der Waals surface area contributed by atoms with Gasteiger partial charge in [-0.05, 0) is 0 Å². The number of nitrogens with zero attached hydrogens (tertiary/aromatic N) is 1. The fourth-order valence-corrected chi connectivity index (χ4v) is 3.39. The summed E-state index contributed by atoms with van der Waals surface area (Å²) in [6.45, 7) is 1.59. The van der Waals surface area contributed by atoms with Gasteiger partial charge >= 0.3 is 0 Å². The number of likely N-dealkylation sites (N-methyl/N-ethyl adjacent to an activating group) is 1. The molecule has 1 unspecified atom stereocenters. The van der Waals surface area contributed by atoms with Crippen LogP contribution in [0.1, 0.15) is 0 Å². The summed E-state index contributed by atoms with van der Waals surface area (Å²) < 4.78 is 6.64. The molecule has 0 saturated carbocycles. The molecule has 0 N–H and O–H groups in total. The number of hydrogen-bond acceptors (Lipinski definition) is 2. The van der Waals surface area contributed by atoms with Gasteiger partial charge < -0.3 is 9.01 Å². The zero-order valence-corrected chi connectivity index (χ0v) is 12.6. The zero-order chi connectivity index (χ0) is 12.2. The van der Waals surface area contributed by atoms with Crippen LogP contribution in [0.3, 0.4) is 0 Å². The largest absolute Gasteiger partial charge is 0.332 e. The standard InChI is InChI=1S/C11H18NOPS2/c1-12(2,3)9-10-13-14(15,16)11-7-5-4-6-8-11/h4-8H,9-10H2,1-3H3/p+1. The molecule has 1 atom stereocenters. The smallest absolute Gasteiger partial charge is 0.145 e. The molecule has 0 spiro atoms. The molecule has 90 valence electrons. The van der Waals surface area contributed by atoms with Crippen LogP contribution in [0.2, 0.25) is 0 Å². The van der Waals surface area contributed by atoms with Gasteiger partial charge in [0.2, 0.25) is 0 Å². The average Bonchev–Trinajstić information content (AvgIpc) is 2.17. The van der Waals surface area contributed by atoms with E-state index in [0.717, 1.165) is 16.3 Å². The minimum absolute atomic E-state index is 0.652. The number of thiol groups is 1. The predicted octanol–water partition coefficient (Wildman–Crippen LogP) is 2.27. The van der Waals surface area contributed by atoms with Gasteiger partial charge in [0.25, 0.3) is 0 Å². The minimum Gasteiger partial charge on any atom is -0.332 e. The maximum absolute atomic E-state index is 5.77. The van der Waals surface area contributed by atoms with Crippen LogP contribution in [0.5, 0.6) is 0 Å². The van der Waals surface area contributed by atoms with Gasteiger partial charge in [-0.25, -0.2) is 0 Å². The second kappa shape index (κ2) is 5.65. The van der Waals surface area contributed by atoms with E-state index in [1.807, 2.05) is 30.3 Å². The van der Waals surface area contributed by atoms with Crippen LogP contribution in [0.4, 0.5) is 0 Å². The molecule has 1 aromatic carbocycles. The fraction of sp³-hybridized carbons (Fsp3) is 0.455. The molecule has 0 bridgehead atoms. The summed E-state index contributed by atoms with van der Waals surface area (Å²) in [6.07, 6.45) is 0. The predicted molar refractivity (Wildman–Crippen MR) is 78.2 cm³/mol. The molecular weight excluding hydrogens is 257 g/mol. The first kappa shape index (κ1) is 14.2. The average molecular weight is 276 g/mol. The Morgan fingerprint density at radius 1 is 1.25 bits per heavy atom. The highest BCUT2D eigenvalue weighted by Gasteiger charge is 2.16. The topological polar surface area (TPSA) is 9.23 Å². The van der Waals surface area contributed by atoms with Crippen molar-refractivity contribution in [2.45, 2.75) is 0 Å². The third kappa shape index (κ3) is 4.98. The highest BCUT2D eigenvalue weighted by Crippen LogP contribution is 2.50. The number of quaternary nitrogens is 1. The Morgan fingerprint density at radius 3 is 2.31 bits per heavy atom. The van der Waals surface area contributed by atoms with Crippen molar-refractivity contribution in [3.63, 3.8) is 0 Å². The molecule has 0 radical (unpaired) electrons. The van der Waals surface area contributed by atoms with Crippen LogP contribution in [0, 0.1) is 0 Å². The highest BCUT2D eigenvalue weighted by atomic mass is 32.9. The summed E-state index contributed by atoms with van der Waals surface area (Å²) >= 11 is 9.95. The second-order valence-electron chi connectivity index (χ2n) is 4.70. The first-order chi connectivity index (χ1) is 7.31. The van der Waals surface area contributed by atoms with E-state index >= 15 is 0 Å². The van der Waals surface area contributed by atoms with Gasteiger partial charge in [-0.3, -0.25) is 0 Å². The summed E-state index contributed by atoms with van der Waals surface area (Å²) in [4.78, 5) is 0. The van der Waals surface area contributed by atoms with E-state index in [0.29, 0.717) is 6.61 Å². The lowest BCUT2D eigenvalue weighted by atomic mass is 10.4. The Hall–Kier alpha value is 0.140. The summed E-state index contributed by atoms with van der Waals surface area (Å²) in [5.74, 6) is 0. The molecular formula is C11H19NOPS2+. The maximum atomic E-state index is 5.77. The Labute approximate surface area is 108 Å². The number of hydrogen-bond donors (Lipinski definition) is 1. The van der Waals surface area contributed by atoms with Gasteiger partial charge in [0.1, 0.15) is 18.6 Å². The van der Waals surface area contributed by atoms with Crippen LogP contribution in [0.25, 0.3) is 0 Å². The molecule has 5 heteroatoms. The molecule has 0 heterocycles. The van der Waals surface area contributed by atoms with Crippen LogP contribution >= 0.6 is 17.7 Å². The van der Waals surface area contributed by atoms with Gasteiger partial charge in [0.05, 0.1) is 21.1 Å². The summed E-state index contributed by atoms with van der Waals surface area (Å²) in [6, 6.07) is 9.88. The minimum atomic E-state index is -2.11. The van der Waals surface area contributed by atoms with Gasteiger partial charge in [-0.15, -0.1) is 12.2 Å². The van der Waals surface area contributed by atoms with Crippen LogP contribution in [-0.4, -0.2) is 38.8 Å². The molecule has 0 aliphatic rings. The van der Waals surface area contributed by atoms with Crippen molar-refractivity contribution in [1.29, 1.82) is 0 Å². The Morgan fingerprint density at radius 2 is 1.81 bits per heavy atom. The van der Waals surface area contributed by atoms with Crippen molar-refractivity contribution >= 4 is 34.8 Å². The maximum Gasteiger partial charge on any atom is 0.145 e. The van der Waals surface area contributed by atoms with Gasteiger partial charge in [-0.2, -0.15) is 0 Å². The first-order valence-electron chi connectivity index (χ1n) is 5.15. The SMILES string of the molecule is C[N+](C)(C)CCOP(=S)(S)c1ccccc1. The van der Waals surface area contributed by atoms with Gasteiger partial charge in [0, 0.05) is 5.30 Å². The molecule has 0 amide bonds. The number of rotatable bonds is 5. The molecule has 0 saturated heterocycles. The van der Waals surface area contributed by atoms with Crippen molar-refractivity contribution < 1.29 is 9.01 Å². The quantitative estimate of drug-likeness (QED) is 0.502. The van der Waals surface area contributed by atoms with Crippen molar-refractivity contribution in [3.8, 4) is 0 Å². The number of benzene rings is 1. The molecule has 1 aromatic rings. The van der Waals surface area contributed by atoms with E-state index in [1.165, 1.54) is 0 Å². The summed E-state index contributed by atoms with van der Waals surface area (Å²) in [7, 11) is 6.40. The molecule has 0 aromatic heterocycles. The molecule has 1 rings (SSSR count). The summed E-state index contributed by atoms with van der Waals surface area (Å²) in [5.41, 5.74) is -2.11. The lowest BCUT2D eigenvalue weighted by molar-refractivity contribution is -0.870. The highest BCUT2D eigenvalue weighted by molar-refractivity contribution is 8.64. The lowest BCUT2D eigenvalue weighted by Gasteiger charge is -2.25. The van der Waals surface area contributed by atoms with Crippen molar-refractivity contribution in [2.24, 2.45) is 0 Å². The van der Waals surface area contributed by atoms with E-state index in [1.54, 1.807) is 0 Å². The normalized spacial score (nSPS) is 15.8. The van der Waals surface area contributed by atoms with Crippen molar-refractivity contribution in [3.05, 3.63) is 30.3 Å². The van der Waals surface area contributed by atoms with Crippen molar-refractivity contribution in [2.75, 3.05) is 34.3 Å². The zero-order valence-electron chi connectivity index (χ0n) is 9.96. The van der Waals surface area contributed by atoms with E-state index in [4.69, 9.17) is 16.3 Å².